The predicted octanol–water partition coefficient (Wildman–Crippen LogP) is 3.03. The van der Waals surface area contributed by atoms with Crippen molar-refractivity contribution < 1.29 is 28.6 Å². The van der Waals surface area contributed by atoms with E-state index in [1.165, 1.54) is 23.8 Å². The molecule has 0 aromatic carbocycles. The number of ether oxygens (including phenoxy) is 2. The Labute approximate surface area is 175 Å². The van der Waals surface area contributed by atoms with Crippen molar-refractivity contribution in [1.82, 2.24) is 9.55 Å². The Kier molecular flexibility index (Phi) is 6.37. The van der Waals surface area contributed by atoms with Crippen molar-refractivity contribution in [3.8, 4) is 0 Å². The van der Waals surface area contributed by atoms with Gasteiger partial charge in [-0.1, -0.05) is 13.8 Å². The zero-order chi connectivity index (χ0) is 22.0. The van der Waals surface area contributed by atoms with E-state index in [1.54, 1.807) is 6.92 Å². The molecule has 1 N–H and O–H groups in total. The van der Waals surface area contributed by atoms with E-state index in [4.69, 9.17) is 19.0 Å². The van der Waals surface area contributed by atoms with Gasteiger partial charge < -0.3 is 19.0 Å². The monoisotopic (exact) mass is 434 g/mol. The first kappa shape index (κ1) is 21.7. The number of methoxy groups -OCH3 is 1. The van der Waals surface area contributed by atoms with Gasteiger partial charge in [-0.25, -0.2) is 14.6 Å². The fourth-order valence-corrected chi connectivity index (χ4v) is 4.11. The normalized spacial score (nSPS) is 11.4. The summed E-state index contributed by atoms with van der Waals surface area (Å²) in [7, 11) is 1.51. The van der Waals surface area contributed by atoms with E-state index in [-0.39, 0.29) is 37.0 Å². The van der Waals surface area contributed by atoms with Gasteiger partial charge in [-0.2, -0.15) is 0 Å². The number of fused-ring (bicyclic) bond motifs is 1. The average molecular weight is 434 g/mol. The van der Waals surface area contributed by atoms with Crippen LogP contribution in [0.2, 0.25) is 0 Å². The third-order valence-electron chi connectivity index (χ3n) is 4.49. The van der Waals surface area contributed by atoms with Crippen LogP contribution in [0, 0.1) is 6.92 Å². The van der Waals surface area contributed by atoms with Crippen LogP contribution in [0.4, 0.5) is 0 Å². The quantitative estimate of drug-likeness (QED) is 0.424. The summed E-state index contributed by atoms with van der Waals surface area (Å²) in [5, 5.41) is 9.39. The summed E-state index contributed by atoms with van der Waals surface area (Å²) in [5.74, 6) is -1.16. The third-order valence-corrected chi connectivity index (χ3v) is 5.65. The predicted molar refractivity (Wildman–Crippen MR) is 110 cm³/mol. The van der Waals surface area contributed by atoms with Crippen LogP contribution >= 0.6 is 11.3 Å². The van der Waals surface area contributed by atoms with Gasteiger partial charge in [0.05, 0.1) is 18.5 Å². The van der Waals surface area contributed by atoms with Gasteiger partial charge >= 0.3 is 11.9 Å². The first-order valence-corrected chi connectivity index (χ1v) is 10.1. The molecule has 0 aliphatic carbocycles. The number of aromatic carboxylic acids is 1. The zero-order valence-corrected chi connectivity index (χ0v) is 17.9. The van der Waals surface area contributed by atoms with Crippen LogP contribution in [0.15, 0.2) is 21.3 Å². The molecule has 0 aliphatic heterocycles. The highest BCUT2D eigenvalue weighted by atomic mass is 32.1. The molecule has 3 rings (SSSR count). The molecule has 30 heavy (non-hydrogen) atoms. The number of carboxylic acid groups (broad SMARTS) is 1. The molecule has 3 aromatic rings. The van der Waals surface area contributed by atoms with Crippen molar-refractivity contribution >= 4 is 33.5 Å². The van der Waals surface area contributed by atoms with Crippen LogP contribution in [0.25, 0.3) is 10.2 Å². The highest BCUT2D eigenvalue weighted by Gasteiger charge is 2.24. The first-order chi connectivity index (χ1) is 14.2. The lowest BCUT2D eigenvalue weighted by molar-refractivity contribution is 0.0392. The number of aromatic nitrogens is 2. The van der Waals surface area contributed by atoms with Crippen molar-refractivity contribution in [2.75, 3.05) is 20.3 Å². The van der Waals surface area contributed by atoms with E-state index in [0.717, 1.165) is 11.3 Å². The van der Waals surface area contributed by atoms with E-state index < -0.39 is 11.9 Å². The van der Waals surface area contributed by atoms with Crippen molar-refractivity contribution in [1.29, 1.82) is 0 Å². The van der Waals surface area contributed by atoms with Crippen LogP contribution in [0.1, 0.15) is 57.1 Å². The van der Waals surface area contributed by atoms with E-state index in [0.29, 0.717) is 32.2 Å². The number of nitrogens with zero attached hydrogens (tertiary/aromatic N) is 2. The van der Waals surface area contributed by atoms with Gasteiger partial charge in [0.2, 0.25) is 5.76 Å². The number of thiophene rings is 1. The third kappa shape index (κ3) is 4.14. The number of rotatable bonds is 8. The first-order valence-electron chi connectivity index (χ1n) is 9.26. The van der Waals surface area contributed by atoms with Crippen LogP contribution < -0.4 is 5.56 Å². The van der Waals surface area contributed by atoms with Gasteiger partial charge in [-0.05, 0) is 24.6 Å². The summed E-state index contributed by atoms with van der Waals surface area (Å²) in [6.07, 6.45) is 0. The molecule has 0 bridgehead atoms. The van der Waals surface area contributed by atoms with Gasteiger partial charge in [-0.15, -0.1) is 11.3 Å². The largest absolute Gasteiger partial charge is 0.475 e. The standard InChI is InChI=1S/C20H22N2O7S/c1-10(2)16-21-17-14(11(3)15(30-17)20(26)28-8-7-27-4)18(23)22(16)9-12-5-6-13(29-12)19(24)25/h5-6,10H,7-9H2,1-4H3,(H,24,25). The van der Waals surface area contributed by atoms with Crippen molar-refractivity contribution in [3.63, 3.8) is 0 Å². The molecule has 0 saturated heterocycles. The number of carboxylic acids is 1. The van der Waals surface area contributed by atoms with Crippen molar-refractivity contribution in [2.24, 2.45) is 0 Å². The topological polar surface area (TPSA) is 121 Å². The summed E-state index contributed by atoms with van der Waals surface area (Å²) >= 11 is 1.12. The van der Waals surface area contributed by atoms with Gasteiger partial charge in [0.15, 0.2) is 0 Å². The molecule has 0 radical (unpaired) electrons. The number of hydrogen-bond donors (Lipinski definition) is 1. The molecular weight excluding hydrogens is 412 g/mol. The van der Waals surface area contributed by atoms with E-state index >= 15 is 0 Å². The molecule has 0 unspecified atom stereocenters. The molecule has 0 saturated carbocycles. The van der Waals surface area contributed by atoms with Crippen LogP contribution in [-0.4, -0.2) is 46.9 Å². The lowest BCUT2D eigenvalue weighted by Crippen LogP contribution is -2.26. The molecule has 0 atom stereocenters. The maximum atomic E-state index is 13.3. The number of aryl methyl sites for hydroxylation is 1. The molecule has 0 spiro atoms. The molecule has 9 nitrogen and oxygen atoms in total. The van der Waals surface area contributed by atoms with E-state index in [1.807, 2.05) is 13.8 Å². The van der Waals surface area contributed by atoms with Gasteiger partial charge in [0.1, 0.15) is 27.9 Å². The maximum absolute atomic E-state index is 13.3. The van der Waals surface area contributed by atoms with E-state index in [2.05, 4.69) is 4.98 Å². The Bertz CT molecular complexity index is 1160. The smallest absolute Gasteiger partial charge is 0.371 e. The zero-order valence-electron chi connectivity index (χ0n) is 17.1. The molecular formula is C20H22N2O7S. The number of esters is 1. The Balaban J connectivity index is 2.08. The number of carbonyl (C=O) groups excluding carboxylic acids is 1. The summed E-state index contributed by atoms with van der Waals surface area (Å²) < 4.78 is 16.8. The number of hydrogen-bond acceptors (Lipinski definition) is 8. The lowest BCUT2D eigenvalue weighted by Gasteiger charge is -2.14. The fraction of sp³-hybridized carbons (Fsp3) is 0.400. The molecule has 0 fully saturated rings. The second kappa shape index (κ2) is 8.80. The number of carbonyl (C=O) groups is 2. The number of furan rings is 1. The second-order valence-corrected chi connectivity index (χ2v) is 7.95. The minimum Gasteiger partial charge on any atom is -0.475 e. The fourth-order valence-electron chi connectivity index (χ4n) is 3.04. The summed E-state index contributed by atoms with van der Waals surface area (Å²) in [6, 6.07) is 2.86. The van der Waals surface area contributed by atoms with Gasteiger partial charge in [0.25, 0.3) is 5.56 Å². The summed E-state index contributed by atoms with van der Waals surface area (Å²) in [4.78, 5) is 42.2. The molecule has 10 heteroatoms. The second-order valence-electron chi connectivity index (χ2n) is 6.95. The highest BCUT2D eigenvalue weighted by Crippen LogP contribution is 2.29. The minimum absolute atomic E-state index is 0.0332. The Morgan fingerprint density at radius 3 is 2.63 bits per heavy atom. The summed E-state index contributed by atoms with van der Waals surface area (Å²) in [6.45, 7) is 5.90. The highest BCUT2D eigenvalue weighted by molar-refractivity contribution is 7.20. The van der Waals surface area contributed by atoms with Crippen LogP contribution in [0.3, 0.4) is 0 Å². The van der Waals surface area contributed by atoms with Crippen LogP contribution in [0.5, 0.6) is 0 Å². The summed E-state index contributed by atoms with van der Waals surface area (Å²) in [5.41, 5.74) is 0.186. The average Bonchev–Trinajstić information content (AvgIpc) is 3.28. The van der Waals surface area contributed by atoms with Gasteiger partial charge in [-0.3, -0.25) is 9.36 Å². The lowest BCUT2D eigenvalue weighted by atomic mass is 10.1. The SMILES string of the molecule is COCCOC(=O)c1sc2nc(C(C)C)n(Cc3ccc(C(=O)O)o3)c(=O)c2c1C. The van der Waals surface area contributed by atoms with Gasteiger partial charge in [0, 0.05) is 13.0 Å². The molecule has 160 valence electrons. The molecule has 3 aromatic heterocycles. The maximum Gasteiger partial charge on any atom is 0.371 e. The van der Waals surface area contributed by atoms with Crippen molar-refractivity contribution in [2.45, 2.75) is 33.2 Å². The van der Waals surface area contributed by atoms with Crippen molar-refractivity contribution in [3.05, 3.63) is 50.3 Å². The Hall–Kier alpha value is -2.98. The Morgan fingerprint density at radius 2 is 2.03 bits per heavy atom. The molecule has 0 amide bonds. The molecule has 3 heterocycles. The Morgan fingerprint density at radius 1 is 1.30 bits per heavy atom. The minimum atomic E-state index is -1.18. The van der Waals surface area contributed by atoms with E-state index in [9.17, 15) is 14.4 Å². The van der Waals surface area contributed by atoms with Crippen LogP contribution in [-0.2, 0) is 16.0 Å². The molecule has 0 aliphatic rings.